The van der Waals surface area contributed by atoms with Crippen LogP contribution in [-0.2, 0) is 12.6 Å². The van der Waals surface area contributed by atoms with E-state index in [2.05, 4.69) is 15.0 Å². The fraction of sp³-hybridized carbons (Fsp3) is 0.294. The molecule has 1 aromatic heterocycles. The Morgan fingerprint density at radius 3 is 2.35 bits per heavy atom. The average molecular weight is 374 g/mol. The van der Waals surface area contributed by atoms with Crippen molar-refractivity contribution in [1.82, 2.24) is 10.3 Å². The van der Waals surface area contributed by atoms with E-state index in [4.69, 9.17) is 0 Å². The zero-order chi connectivity index (χ0) is 19.3. The number of rotatable bonds is 6. The summed E-state index contributed by atoms with van der Waals surface area (Å²) in [5, 5.41) is 2.58. The number of aromatic nitrogens is 1. The van der Waals surface area contributed by atoms with Crippen LogP contribution in [0.3, 0.4) is 0 Å². The largest absolute Gasteiger partial charge is 0.435 e. The Hall–Kier alpha value is -2.71. The molecule has 2 rings (SSSR count). The van der Waals surface area contributed by atoms with Gasteiger partial charge in [-0.15, -0.1) is 0 Å². The molecule has 0 aliphatic carbocycles. The number of hydrogen-bond acceptors (Lipinski definition) is 3. The highest BCUT2D eigenvalue weighted by Gasteiger charge is 2.33. The summed E-state index contributed by atoms with van der Waals surface area (Å²) in [6.45, 7) is -1.36. The second kappa shape index (κ2) is 8.11. The number of ether oxygens (including phenoxy) is 1. The molecule has 1 amide bonds. The van der Waals surface area contributed by atoms with Gasteiger partial charge in [-0.1, -0.05) is 12.1 Å². The third kappa shape index (κ3) is 5.40. The summed E-state index contributed by atoms with van der Waals surface area (Å²) >= 11 is 0. The molecule has 0 atom stereocenters. The molecule has 9 heteroatoms. The Balaban J connectivity index is 1.91. The van der Waals surface area contributed by atoms with Crippen molar-refractivity contribution in [2.24, 2.45) is 0 Å². The van der Waals surface area contributed by atoms with Gasteiger partial charge in [0.1, 0.15) is 11.4 Å². The van der Waals surface area contributed by atoms with E-state index in [1.54, 1.807) is 12.1 Å². The van der Waals surface area contributed by atoms with Gasteiger partial charge in [0.25, 0.3) is 5.91 Å². The molecule has 0 unspecified atom stereocenters. The lowest BCUT2D eigenvalue weighted by Crippen LogP contribution is -2.27. The number of carbonyl (C=O) groups excluding carboxylic acids is 1. The number of nitrogens with zero attached hydrogens (tertiary/aromatic N) is 1. The van der Waals surface area contributed by atoms with Crippen molar-refractivity contribution >= 4 is 5.91 Å². The molecule has 4 nitrogen and oxygen atoms in total. The van der Waals surface area contributed by atoms with Crippen molar-refractivity contribution in [2.45, 2.75) is 26.1 Å². The van der Waals surface area contributed by atoms with E-state index in [9.17, 15) is 26.7 Å². The number of halogens is 5. The van der Waals surface area contributed by atoms with Crippen LogP contribution in [0.15, 0.2) is 36.4 Å². The topological polar surface area (TPSA) is 51.2 Å². The lowest BCUT2D eigenvalue weighted by atomic mass is 10.1. The molecule has 1 heterocycles. The molecule has 2 aromatic rings. The first-order valence-electron chi connectivity index (χ1n) is 7.53. The maximum atomic E-state index is 12.6. The molecule has 0 bridgehead atoms. The van der Waals surface area contributed by atoms with Gasteiger partial charge in [0.15, 0.2) is 0 Å². The fourth-order valence-corrected chi connectivity index (χ4v) is 2.21. The van der Waals surface area contributed by atoms with Crippen molar-refractivity contribution in [3.63, 3.8) is 0 Å². The predicted octanol–water partition coefficient (Wildman–Crippen LogP) is 3.98. The van der Waals surface area contributed by atoms with E-state index in [-0.39, 0.29) is 23.6 Å². The minimum absolute atomic E-state index is 0.0224. The van der Waals surface area contributed by atoms with Crippen LogP contribution in [-0.4, -0.2) is 24.0 Å². The highest BCUT2D eigenvalue weighted by molar-refractivity contribution is 5.95. The second-order valence-electron chi connectivity index (χ2n) is 5.36. The zero-order valence-corrected chi connectivity index (χ0v) is 13.6. The van der Waals surface area contributed by atoms with Gasteiger partial charge in [-0.25, -0.2) is 4.98 Å². The lowest BCUT2D eigenvalue weighted by Gasteiger charge is -2.11. The number of nitrogens with one attached hydrogen (secondary N) is 1. The quantitative estimate of drug-likeness (QED) is 0.778. The molecule has 0 saturated carbocycles. The minimum atomic E-state index is -4.57. The monoisotopic (exact) mass is 374 g/mol. The number of hydrogen-bond donors (Lipinski definition) is 1. The van der Waals surface area contributed by atoms with Crippen molar-refractivity contribution < 1.29 is 31.5 Å². The van der Waals surface area contributed by atoms with E-state index in [0.717, 1.165) is 17.7 Å². The smallest absolute Gasteiger partial charge is 0.433 e. The van der Waals surface area contributed by atoms with E-state index in [0.29, 0.717) is 6.42 Å². The Morgan fingerprint density at radius 1 is 1.15 bits per heavy atom. The van der Waals surface area contributed by atoms with Gasteiger partial charge < -0.3 is 10.1 Å². The van der Waals surface area contributed by atoms with Crippen LogP contribution in [0.4, 0.5) is 22.0 Å². The van der Waals surface area contributed by atoms with E-state index in [1.807, 2.05) is 0 Å². The number of amides is 1. The van der Waals surface area contributed by atoms with Crippen LogP contribution in [0.5, 0.6) is 5.75 Å². The number of carbonyl (C=O) groups is 1. The molecule has 140 valence electrons. The summed E-state index contributed by atoms with van der Waals surface area (Å²) < 4.78 is 66.1. The van der Waals surface area contributed by atoms with Crippen LogP contribution in [0.2, 0.25) is 0 Å². The van der Waals surface area contributed by atoms with Gasteiger partial charge in [0.05, 0.1) is 11.3 Å². The van der Waals surface area contributed by atoms with Gasteiger partial charge in [-0.05, 0) is 43.2 Å². The molecule has 0 aliphatic heterocycles. The van der Waals surface area contributed by atoms with Gasteiger partial charge in [0, 0.05) is 6.54 Å². The minimum Gasteiger partial charge on any atom is -0.435 e. The molecular weight excluding hydrogens is 359 g/mol. The standard InChI is InChI=1S/C17H15F5N2O2/c1-10-13(6-7-14(24-10)17(20,21)22)15(25)23-9-8-11-2-4-12(5-3-11)26-16(18)19/h2-7,16H,8-9H2,1H3,(H,23,25). The molecule has 0 spiro atoms. The summed E-state index contributed by atoms with van der Waals surface area (Å²) in [6, 6.07) is 7.75. The maximum Gasteiger partial charge on any atom is 0.433 e. The van der Waals surface area contributed by atoms with Gasteiger partial charge >= 0.3 is 12.8 Å². The maximum absolute atomic E-state index is 12.6. The third-order valence-electron chi connectivity index (χ3n) is 3.47. The van der Waals surface area contributed by atoms with Gasteiger partial charge in [-0.3, -0.25) is 4.79 Å². The van der Waals surface area contributed by atoms with Crippen molar-refractivity contribution in [3.05, 3.63) is 58.9 Å². The Morgan fingerprint density at radius 2 is 1.81 bits per heavy atom. The fourth-order valence-electron chi connectivity index (χ4n) is 2.21. The van der Waals surface area contributed by atoms with Crippen molar-refractivity contribution in [1.29, 1.82) is 0 Å². The number of pyridine rings is 1. The predicted molar refractivity (Wildman–Crippen MR) is 83.1 cm³/mol. The van der Waals surface area contributed by atoms with Crippen molar-refractivity contribution in [2.75, 3.05) is 6.54 Å². The summed E-state index contributed by atoms with van der Waals surface area (Å²) in [7, 11) is 0. The highest BCUT2D eigenvalue weighted by atomic mass is 19.4. The normalized spacial score (nSPS) is 11.5. The molecular formula is C17H15F5N2O2. The summed E-state index contributed by atoms with van der Waals surface area (Å²) in [5.41, 5.74) is -0.253. The van der Waals surface area contributed by atoms with Crippen LogP contribution in [0.25, 0.3) is 0 Å². The van der Waals surface area contributed by atoms with Gasteiger partial charge in [-0.2, -0.15) is 22.0 Å². The first-order valence-corrected chi connectivity index (χ1v) is 7.53. The summed E-state index contributed by atoms with van der Waals surface area (Å²) in [5.74, 6) is -0.513. The highest BCUT2D eigenvalue weighted by Crippen LogP contribution is 2.28. The van der Waals surface area contributed by atoms with E-state index >= 15 is 0 Å². The molecule has 1 aromatic carbocycles. The van der Waals surface area contributed by atoms with Crippen molar-refractivity contribution in [3.8, 4) is 5.75 Å². The van der Waals surface area contributed by atoms with Crippen LogP contribution in [0, 0.1) is 6.92 Å². The molecule has 0 aliphatic rings. The Labute approximate surface area is 146 Å². The number of benzene rings is 1. The van der Waals surface area contributed by atoms with Crippen LogP contribution in [0.1, 0.15) is 27.3 Å². The first kappa shape index (κ1) is 19.6. The van der Waals surface area contributed by atoms with Gasteiger partial charge in [0.2, 0.25) is 0 Å². The van der Waals surface area contributed by atoms with Crippen LogP contribution >= 0.6 is 0 Å². The SMILES string of the molecule is Cc1nc(C(F)(F)F)ccc1C(=O)NCCc1ccc(OC(F)F)cc1. The average Bonchev–Trinajstić information content (AvgIpc) is 2.55. The first-order chi connectivity index (χ1) is 12.2. The van der Waals surface area contributed by atoms with Crippen LogP contribution < -0.4 is 10.1 Å². The number of aryl methyl sites for hydroxylation is 1. The zero-order valence-electron chi connectivity index (χ0n) is 13.6. The third-order valence-corrected chi connectivity index (χ3v) is 3.47. The molecule has 0 fully saturated rings. The molecule has 26 heavy (non-hydrogen) atoms. The molecule has 0 radical (unpaired) electrons. The summed E-state index contributed by atoms with van der Waals surface area (Å²) in [6.07, 6.45) is -4.16. The second-order valence-corrected chi connectivity index (χ2v) is 5.36. The van der Waals surface area contributed by atoms with E-state index < -0.39 is 24.4 Å². The Kier molecular flexibility index (Phi) is 6.12. The molecule has 0 saturated heterocycles. The van der Waals surface area contributed by atoms with E-state index in [1.165, 1.54) is 19.1 Å². The number of alkyl halides is 5. The Bertz CT molecular complexity index is 761. The molecule has 1 N–H and O–H groups in total. The summed E-state index contributed by atoms with van der Waals surface area (Å²) in [4.78, 5) is 15.5. The lowest BCUT2D eigenvalue weighted by molar-refractivity contribution is -0.141.